The van der Waals surface area contributed by atoms with Crippen molar-refractivity contribution < 1.29 is 9.53 Å². The topological polar surface area (TPSA) is 64.0 Å². The fourth-order valence-electron chi connectivity index (χ4n) is 5.16. The molecule has 0 radical (unpaired) electrons. The second-order valence-corrected chi connectivity index (χ2v) is 11.6. The third-order valence-corrected chi connectivity index (χ3v) is 7.25. The number of carbonyl (C=O) groups is 1. The van der Waals surface area contributed by atoms with E-state index < -0.39 is 11.7 Å². The number of ether oxygens (including phenoxy) is 1. The van der Waals surface area contributed by atoms with Crippen molar-refractivity contribution in [1.29, 1.82) is 0 Å². The summed E-state index contributed by atoms with van der Waals surface area (Å²) in [6, 6.07) is 30.1. The molecule has 1 aliphatic rings. The molecule has 1 heterocycles. The molecule has 4 aromatic rings. The standard InChI is InChI=1S/C35H40N6O2/c1-8-39(9-2)29-20-22-31-33(24-29)40(28-13-11-10-12-14-28)32-23-26(37-36-25-15-18-27(19-16-25)38(6)7)17-21-30(32)41(31)34(42)43-35(3,4)5/h10-24H,8-9H2,1-7H3. The van der Waals surface area contributed by atoms with Crippen LogP contribution < -0.4 is 19.6 Å². The average Bonchev–Trinajstić information content (AvgIpc) is 2.99. The zero-order valence-corrected chi connectivity index (χ0v) is 26.1. The van der Waals surface area contributed by atoms with Crippen LogP contribution >= 0.6 is 0 Å². The Morgan fingerprint density at radius 2 is 1.28 bits per heavy atom. The summed E-state index contributed by atoms with van der Waals surface area (Å²) < 4.78 is 5.93. The number of rotatable bonds is 7. The summed E-state index contributed by atoms with van der Waals surface area (Å²) in [6.07, 6.45) is -0.436. The lowest BCUT2D eigenvalue weighted by Gasteiger charge is -2.40. The summed E-state index contributed by atoms with van der Waals surface area (Å²) >= 11 is 0. The summed E-state index contributed by atoms with van der Waals surface area (Å²) in [5.74, 6) is 0. The fraction of sp³-hybridized carbons (Fsp3) is 0.286. The molecule has 1 aliphatic heterocycles. The summed E-state index contributed by atoms with van der Waals surface area (Å²) in [7, 11) is 4.01. The monoisotopic (exact) mass is 576 g/mol. The van der Waals surface area contributed by atoms with Crippen LogP contribution in [0.5, 0.6) is 0 Å². The molecule has 1 amide bonds. The molecular weight excluding hydrogens is 536 g/mol. The van der Waals surface area contributed by atoms with Crippen LogP contribution in [-0.2, 0) is 4.74 Å². The third kappa shape index (κ3) is 6.33. The quantitative estimate of drug-likeness (QED) is 0.205. The van der Waals surface area contributed by atoms with E-state index in [1.54, 1.807) is 4.90 Å². The largest absolute Gasteiger partial charge is 0.443 e. The first kappa shape index (κ1) is 29.6. The lowest BCUT2D eigenvalue weighted by molar-refractivity contribution is 0.0599. The number of anilines is 7. The van der Waals surface area contributed by atoms with Gasteiger partial charge in [-0.25, -0.2) is 9.69 Å². The number of amides is 1. The zero-order valence-electron chi connectivity index (χ0n) is 26.1. The summed E-state index contributed by atoms with van der Waals surface area (Å²) in [6.45, 7) is 11.7. The van der Waals surface area contributed by atoms with E-state index in [4.69, 9.17) is 4.74 Å². The van der Waals surface area contributed by atoms with Gasteiger partial charge in [-0.3, -0.25) is 0 Å². The first-order valence-corrected chi connectivity index (χ1v) is 14.7. The number of azo groups is 1. The maximum atomic E-state index is 13.8. The molecule has 0 unspecified atom stereocenters. The minimum Gasteiger partial charge on any atom is -0.443 e. The van der Waals surface area contributed by atoms with Crippen LogP contribution in [-0.4, -0.2) is 38.9 Å². The van der Waals surface area contributed by atoms with Gasteiger partial charge in [0, 0.05) is 44.2 Å². The van der Waals surface area contributed by atoms with E-state index >= 15 is 0 Å². The van der Waals surface area contributed by atoms with E-state index in [1.165, 1.54) is 0 Å². The number of hydrogen-bond acceptors (Lipinski definition) is 7. The molecule has 5 rings (SSSR count). The number of nitrogens with zero attached hydrogens (tertiary/aromatic N) is 6. The van der Waals surface area contributed by atoms with Gasteiger partial charge < -0.3 is 19.4 Å². The van der Waals surface area contributed by atoms with Crippen LogP contribution in [0.15, 0.2) is 101 Å². The molecular formula is C35H40N6O2. The molecule has 8 nitrogen and oxygen atoms in total. The van der Waals surface area contributed by atoms with Crippen molar-refractivity contribution >= 4 is 57.3 Å². The van der Waals surface area contributed by atoms with Gasteiger partial charge in [-0.1, -0.05) is 18.2 Å². The SMILES string of the molecule is CCN(CC)c1ccc2c(c1)N(c1ccccc1)c1cc(N=Nc3ccc(N(C)C)cc3)ccc1N2C(=O)OC(C)(C)C. The molecule has 222 valence electrons. The van der Waals surface area contributed by atoms with Gasteiger partial charge in [0.2, 0.25) is 0 Å². The number of benzene rings is 4. The van der Waals surface area contributed by atoms with Crippen LogP contribution in [0.1, 0.15) is 34.6 Å². The molecule has 0 atom stereocenters. The van der Waals surface area contributed by atoms with Gasteiger partial charge in [-0.15, -0.1) is 0 Å². The zero-order chi connectivity index (χ0) is 30.7. The lowest BCUT2D eigenvalue weighted by atomic mass is 10.0. The van der Waals surface area contributed by atoms with Crippen molar-refractivity contribution in [2.24, 2.45) is 10.2 Å². The first-order chi connectivity index (χ1) is 20.6. The van der Waals surface area contributed by atoms with Crippen molar-refractivity contribution in [1.82, 2.24) is 0 Å². The predicted octanol–water partition coefficient (Wildman–Crippen LogP) is 9.87. The van der Waals surface area contributed by atoms with Crippen LogP contribution in [0.2, 0.25) is 0 Å². The van der Waals surface area contributed by atoms with Gasteiger partial charge >= 0.3 is 6.09 Å². The van der Waals surface area contributed by atoms with Crippen LogP contribution in [0.25, 0.3) is 0 Å². The third-order valence-electron chi connectivity index (χ3n) is 7.25. The number of hydrogen-bond donors (Lipinski definition) is 0. The molecule has 0 fully saturated rings. The van der Waals surface area contributed by atoms with E-state index in [0.29, 0.717) is 11.4 Å². The Hall–Kier alpha value is -4.85. The van der Waals surface area contributed by atoms with Gasteiger partial charge in [0.1, 0.15) is 5.60 Å². The van der Waals surface area contributed by atoms with Crippen LogP contribution in [0.4, 0.5) is 56.0 Å². The molecule has 4 aromatic carbocycles. The van der Waals surface area contributed by atoms with Gasteiger partial charge in [-0.05, 0) is 107 Å². The molecule has 0 saturated carbocycles. The summed E-state index contributed by atoms with van der Waals surface area (Å²) in [5.41, 5.74) is 7.04. The number of fused-ring (bicyclic) bond motifs is 2. The van der Waals surface area contributed by atoms with Gasteiger partial charge in [0.25, 0.3) is 0 Å². The molecule has 0 N–H and O–H groups in total. The highest BCUT2D eigenvalue weighted by atomic mass is 16.6. The van der Waals surface area contributed by atoms with Gasteiger partial charge in [0.05, 0.1) is 34.1 Å². The molecule has 0 aromatic heterocycles. The van der Waals surface area contributed by atoms with E-state index in [1.807, 2.05) is 106 Å². The van der Waals surface area contributed by atoms with E-state index in [-0.39, 0.29) is 0 Å². The molecule has 0 bridgehead atoms. The Morgan fingerprint density at radius 1 is 0.721 bits per heavy atom. The highest BCUT2D eigenvalue weighted by Gasteiger charge is 2.36. The second kappa shape index (κ2) is 12.2. The van der Waals surface area contributed by atoms with Crippen LogP contribution in [0, 0.1) is 0 Å². The predicted molar refractivity (Wildman–Crippen MR) is 178 cm³/mol. The average molecular weight is 577 g/mol. The molecule has 0 spiro atoms. The Morgan fingerprint density at radius 3 is 1.88 bits per heavy atom. The van der Waals surface area contributed by atoms with Gasteiger partial charge in [-0.2, -0.15) is 10.2 Å². The molecule has 0 aliphatic carbocycles. The van der Waals surface area contributed by atoms with Crippen molar-refractivity contribution in [3.63, 3.8) is 0 Å². The van der Waals surface area contributed by atoms with Crippen molar-refractivity contribution in [3.8, 4) is 0 Å². The minimum absolute atomic E-state index is 0.436. The minimum atomic E-state index is -0.661. The Bertz CT molecular complexity index is 1610. The van der Waals surface area contributed by atoms with Crippen molar-refractivity contribution in [2.75, 3.05) is 46.8 Å². The highest BCUT2D eigenvalue weighted by molar-refractivity contribution is 6.10. The molecule has 8 heteroatoms. The maximum Gasteiger partial charge on any atom is 0.419 e. The summed E-state index contributed by atoms with van der Waals surface area (Å²) in [4.78, 5) is 22.0. The van der Waals surface area contributed by atoms with Crippen molar-refractivity contribution in [3.05, 3.63) is 91.0 Å². The fourth-order valence-corrected chi connectivity index (χ4v) is 5.16. The number of para-hydroxylation sites is 1. The smallest absolute Gasteiger partial charge is 0.419 e. The highest BCUT2D eigenvalue weighted by Crippen LogP contribution is 2.53. The first-order valence-electron chi connectivity index (χ1n) is 14.7. The van der Waals surface area contributed by atoms with Gasteiger partial charge in [0.15, 0.2) is 0 Å². The normalized spacial score (nSPS) is 12.6. The maximum absolute atomic E-state index is 13.8. The van der Waals surface area contributed by atoms with E-state index in [2.05, 4.69) is 58.1 Å². The lowest BCUT2D eigenvalue weighted by Crippen LogP contribution is -2.37. The van der Waals surface area contributed by atoms with E-state index in [0.717, 1.165) is 52.9 Å². The Kier molecular flexibility index (Phi) is 8.39. The van der Waals surface area contributed by atoms with Crippen LogP contribution in [0.3, 0.4) is 0 Å². The summed E-state index contributed by atoms with van der Waals surface area (Å²) in [5, 5.41) is 9.09. The van der Waals surface area contributed by atoms with Crippen molar-refractivity contribution in [2.45, 2.75) is 40.2 Å². The second-order valence-electron chi connectivity index (χ2n) is 11.6. The molecule has 43 heavy (non-hydrogen) atoms. The Balaban J connectivity index is 1.67. The van der Waals surface area contributed by atoms with E-state index in [9.17, 15) is 4.79 Å². The Labute approximate surface area is 254 Å². The number of carbonyl (C=O) groups excluding carboxylic acids is 1. The molecule has 0 saturated heterocycles.